The summed E-state index contributed by atoms with van der Waals surface area (Å²) in [6.07, 6.45) is 4.47. The Morgan fingerprint density at radius 1 is 0.611 bits per heavy atom. The van der Waals surface area contributed by atoms with Crippen LogP contribution in [-0.2, 0) is 5.41 Å². The highest BCUT2D eigenvalue weighted by atomic mass is 28.3. The monoisotopic (exact) mass is 748 g/mol. The van der Waals surface area contributed by atoms with E-state index in [0.717, 1.165) is 16.7 Å². The molecule has 0 N–H and O–H groups in total. The molecule has 7 heteroatoms. The van der Waals surface area contributed by atoms with Crippen LogP contribution in [0.25, 0.3) is 34.4 Å². The summed E-state index contributed by atoms with van der Waals surface area (Å²) in [7, 11) is -2.37. The number of fused-ring (bicyclic) bond motifs is 2. The molecule has 0 saturated heterocycles. The zero-order chi connectivity index (χ0) is 39.0. The van der Waals surface area contributed by atoms with Crippen molar-refractivity contribution in [1.82, 2.24) is 0 Å². The molecule has 0 fully saturated rings. The first-order valence-electron chi connectivity index (χ1n) is 18.5. The van der Waals surface area contributed by atoms with Crippen molar-refractivity contribution in [3.8, 4) is 33.8 Å². The molecule has 5 aromatic carbocycles. The fraction of sp³-hybridized carbons (Fsp3) is 0.277. The average molecular weight is 749 g/mol. The van der Waals surface area contributed by atoms with Gasteiger partial charge in [-0.15, -0.1) is 0 Å². The molecule has 1 nitrogen and oxygen atoms in total. The van der Waals surface area contributed by atoms with Gasteiger partial charge in [0.15, 0.2) is 0 Å². The minimum Gasteiger partial charge on any atom is -0.450 e. The van der Waals surface area contributed by atoms with E-state index in [4.69, 9.17) is 4.74 Å². The van der Waals surface area contributed by atoms with Crippen LogP contribution in [0.5, 0.6) is 11.5 Å². The van der Waals surface area contributed by atoms with E-state index < -0.39 is 42.9 Å². The summed E-state index contributed by atoms with van der Waals surface area (Å²) in [5.41, 5.74) is 12.9. The van der Waals surface area contributed by atoms with Gasteiger partial charge in [0.2, 0.25) is 34.8 Å². The van der Waals surface area contributed by atoms with Crippen molar-refractivity contribution < 1.29 is 26.7 Å². The summed E-state index contributed by atoms with van der Waals surface area (Å²) in [4.78, 5) is 0. The Labute approximate surface area is 316 Å². The lowest BCUT2D eigenvalue weighted by Gasteiger charge is -2.39. The van der Waals surface area contributed by atoms with Crippen LogP contribution in [-0.4, -0.2) is 8.07 Å². The highest BCUT2D eigenvalue weighted by Gasteiger charge is 2.48. The van der Waals surface area contributed by atoms with Gasteiger partial charge in [0.25, 0.3) is 0 Å². The van der Waals surface area contributed by atoms with Crippen molar-refractivity contribution in [1.29, 1.82) is 0 Å². The number of halogens is 5. The Morgan fingerprint density at radius 2 is 1.17 bits per heavy atom. The molecule has 278 valence electrons. The molecule has 0 aromatic heterocycles. The first-order valence-corrected chi connectivity index (χ1v) is 21.6. The van der Waals surface area contributed by atoms with Gasteiger partial charge < -0.3 is 4.74 Å². The van der Waals surface area contributed by atoms with E-state index in [9.17, 15) is 13.2 Å². The second kappa shape index (κ2) is 13.5. The molecule has 0 radical (unpaired) electrons. The zero-order valence-electron chi connectivity index (χ0n) is 32.2. The predicted octanol–water partition coefficient (Wildman–Crippen LogP) is 14.4. The minimum atomic E-state index is -2.37. The lowest BCUT2D eigenvalue weighted by molar-refractivity contribution is 0.331. The largest absolute Gasteiger partial charge is 0.450 e. The summed E-state index contributed by atoms with van der Waals surface area (Å²) >= 11 is 0. The van der Waals surface area contributed by atoms with Crippen LogP contribution in [0.4, 0.5) is 22.0 Å². The predicted molar refractivity (Wildman–Crippen MR) is 213 cm³/mol. The number of hydrogen-bond donors (Lipinski definition) is 0. The molecule has 2 aliphatic carbocycles. The van der Waals surface area contributed by atoms with Crippen LogP contribution in [0.2, 0.25) is 13.1 Å². The van der Waals surface area contributed by atoms with Crippen molar-refractivity contribution in [2.45, 2.75) is 84.0 Å². The summed E-state index contributed by atoms with van der Waals surface area (Å²) in [6.45, 7) is 19.8. The van der Waals surface area contributed by atoms with Gasteiger partial charge in [-0.25, -0.2) is 13.2 Å². The van der Waals surface area contributed by atoms with Crippen molar-refractivity contribution in [3.63, 3.8) is 0 Å². The Hall–Kier alpha value is -4.75. The highest BCUT2D eigenvalue weighted by Crippen LogP contribution is 2.57. The van der Waals surface area contributed by atoms with E-state index in [1.165, 1.54) is 33.4 Å². The van der Waals surface area contributed by atoms with Crippen molar-refractivity contribution in [2.75, 3.05) is 0 Å². The van der Waals surface area contributed by atoms with Crippen LogP contribution in [0.1, 0.15) is 98.8 Å². The van der Waals surface area contributed by atoms with Crippen LogP contribution >= 0.6 is 0 Å². The van der Waals surface area contributed by atoms with Crippen molar-refractivity contribution in [3.05, 3.63) is 152 Å². The highest BCUT2D eigenvalue weighted by molar-refractivity contribution is 6.81. The molecule has 0 bridgehead atoms. The fourth-order valence-electron chi connectivity index (χ4n) is 8.97. The molecule has 0 saturated carbocycles. The molecule has 0 spiro atoms. The number of rotatable bonds is 7. The van der Waals surface area contributed by atoms with E-state index in [1.807, 2.05) is 50.2 Å². The maximum atomic E-state index is 15.2. The third-order valence-electron chi connectivity index (χ3n) is 11.4. The number of hydrogen-bond acceptors (Lipinski definition) is 1. The third kappa shape index (κ3) is 6.05. The van der Waals surface area contributed by atoms with E-state index >= 15 is 8.78 Å². The Bertz CT molecular complexity index is 2340. The Kier molecular flexibility index (Phi) is 9.40. The van der Waals surface area contributed by atoms with E-state index in [-0.39, 0.29) is 28.2 Å². The molecule has 2 aliphatic rings. The summed E-state index contributed by atoms with van der Waals surface area (Å²) in [6, 6.07) is 26.9. The van der Waals surface area contributed by atoms with Crippen LogP contribution in [0, 0.1) is 29.1 Å². The lowest BCUT2D eigenvalue weighted by Crippen LogP contribution is -2.42. The second-order valence-electron chi connectivity index (χ2n) is 16.8. The Balaban J connectivity index is 1.39. The van der Waals surface area contributed by atoms with E-state index in [2.05, 4.69) is 102 Å². The van der Waals surface area contributed by atoms with Crippen LogP contribution in [0.15, 0.2) is 90.0 Å². The van der Waals surface area contributed by atoms with Gasteiger partial charge >= 0.3 is 0 Å². The maximum Gasteiger partial charge on any atom is 0.207 e. The van der Waals surface area contributed by atoms with E-state index in [0.29, 0.717) is 16.7 Å². The second-order valence-corrected chi connectivity index (χ2v) is 21.6. The molecule has 2 atom stereocenters. The summed E-state index contributed by atoms with van der Waals surface area (Å²) < 4.78 is 79.3. The van der Waals surface area contributed by atoms with Gasteiger partial charge in [0.1, 0.15) is 5.75 Å². The molecule has 2 unspecified atom stereocenters. The molecule has 5 aromatic rings. The first-order chi connectivity index (χ1) is 25.4. The molecule has 7 rings (SSSR count). The van der Waals surface area contributed by atoms with Gasteiger partial charge in [-0.2, -0.15) is 8.78 Å². The van der Waals surface area contributed by atoms with Gasteiger partial charge in [-0.1, -0.05) is 150 Å². The lowest BCUT2D eigenvalue weighted by atomic mass is 9.86. The van der Waals surface area contributed by atoms with Gasteiger partial charge in [-0.3, -0.25) is 0 Å². The smallest absolute Gasteiger partial charge is 0.207 e. The average Bonchev–Trinajstić information content (AvgIpc) is 3.67. The third-order valence-corrected chi connectivity index (χ3v) is 15.9. The van der Waals surface area contributed by atoms with Crippen LogP contribution in [0.3, 0.4) is 0 Å². The number of benzene rings is 5. The first kappa shape index (κ1) is 37.6. The van der Waals surface area contributed by atoms with Gasteiger partial charge in [0, 0.05) is 16.6 Å². The van der Waals surface area contributed by atoms with Crippen molar-refractivity contribution in [2.24, 2.45) is 0 Å². The van der Waals surface area contributed by atoms with E-state index in [1.54, 1.807) is 0 Å². The number of ether oxygens (including phenoxy) is 1. The minimum absolute atomic E-state index is 0.0587. The molecule has 0 aliphatic heterocycles. The molecular formula is C47H45F5OSi. The molecule has 0 heterocycles. The number of allylic oxidation sites excluding steroid dienone is 2. The van der Waals surface area contributed by atoms with Crippen molar-refractivity contribution >= 4 is 20.2 Å². The maximum absolute atomic E-state index is 15.2. The quantitative estimate of drug-likeness (QED) is 0.0697. The topological polar surface area (TPSA) is 9.23 Å². The SMILES string of the molecule is CC1=Cc2c(-c3ccc(C(C)(C)C)cc3)cccc2C1[Si](C)(C)C1C(C)=Cc2c1cc(C(C)C)c(Oc1c(F)c(F)c(F)c(F)c1F)c2-c1ccccc1. The van der Waals surface area contributed by atoms with Crippen LogP contribution < -0.4 is 4.74 Å². The molecule has 54 heavy (non-hydrogen) atoms. The summed E-state index contributed by atoms with van der Waals surface area (Å²) in [5.74, 6) is -11.8. The van der Waals surface area contributed by atoms with Gasteiger partial charge in [0.05, 0.1) is 8.07 Å². The molecule has 0 amide bonds. The fourth-order valence-corrected chi connectivity index (χ4v) is 13.9. The Morgan fingerprint density at radius 3 is 1.74 bits per heavy atom. The zero-order valence-corrected chi connectivity index (χ0v) is 33.2. The standard InChI is InChI=1S/C47H45F5OSi/c1-25(2)33-24-36-35(37(29-14-11-10-12-15-29)43(33)53-44-41(51)39(49)38(48)40(50)42(44)52)23-27(4)46(36)54(8,9)45-26(3)22-34-31(16-13-17-32(34)45)28-18-20-30(21-19-28)47(5,6)7/h10-25,45-46H,1-9H3. The molecular weight excluding hydrogens is 704 g/mol. The summed E-state index contributed by atoms with van der Waals surface area (Å²) in [5, 5.41) is 0. The normalized spacial score (nSPS) is 16.7. The van der Waals surface area contributed by atoms with Gasteiger partial charge in [-0.05, 0) is 75.3 Å².